The molecular weight excluding hydrogens is 354 g/mol. The van der Waals surface area contributed by atoms with Crippen LogP contribution in [0.1, 0.15) is 72.1 Å². The highest BCUT2D eigenvalue weighted by Gasteiger charge is 2.31. The van der Waals surface area contributed by atoms with Crippen molar-refractivity contribution in [2.45, 2.75) is 89.6 Å². The summed E-state index contributed by atoms with van der Waals surface area (Å²) >= 11 is 2.23. The number of rotatable bonds is 13. The maximum absolute atomic E-state index is 5.83. The lowest BCUT2D eigenvalue weighted by Gasteiger charge is -2.44. The summed E-state index contributed by atoms with van der Waals surface area (Å²) in [7, 11) is 0. The third-order valence-electron chi connectivity index (χ3n) is 5.91. The predicted molar refractivity (Wildman–Crippen MR) is 120 cm³/mol. The Morgan fingerprint density at radius 3 is 2.59 bits per heavy atom. The lowest BCUT2D eigenvalue weighted by molar-refractivity contribution is 0.0553. The fourth-order valence-corrected chi connectivity index (χ4v) is 5.71. The minimum absolute atomic E-state index is 0.564. The van der Waals surface area contributed by atoms with Gasteiger partial charge in [-0.25, -0.2) is 0 Å². The third kappa shape index (κ3) is 9.49. The van der Waals surface area contributed by atoms with Crippen LogP contribution in [0, 0.1) is 5.92 Å². The van der Waals surface area contributed by atoms with Gasteiger partial charge >= 0.3 is 0 Å². The number of unbranched alkanes of at least 4 members (excludes halogenated alkanes) is 1. The Morgan fingerprint density at radius 2 is 1.85 bits per heavy atom. The van der Waals surface area contributed by atoms with Crippen molar-refractivity contribution in [3.05, 3.63) is 0 Å². The van der Waals surface area contributed by atoms with Crippen LogP contribution in [0.4, 0.5) is 0 Å². The van der Waals surface area contributed by atoms with Gasteiger partial charge in [-0.15, -0.1) is 0 Å². The molecule has 4 nitrogen and oxygen atoms in total. The fourth-order valence-electron chi connectivity index (χ4n) is 4.16. The molecule has 0 saturated carbocycles. The van der Waals surface area contributed by atoms with Crippen molar-refractivity contribution >= 4 is 11.8 Å². The van der Waals surface area contributed by atoms with E-state index in [2.05, 4.69) is 48.1 Å². The molecule has 0 radical (unpaired) electrons. The van der Waals surface area contributed by atoms with Crippen LogP contribution in [-0.2, 0) is 4.74 Å². The summed E-state index contributed by atoms with van der Waals surface area (Å²) in [5, 5.41) is 8.23. The Labute approximate surface area is 172 Å². The Bertz CT molecular complexity index is 363. The van der Waals surface area contributed by atoms with Crippen molar-refractivity contribution in [3.63, 3.8) is 0 Å². The summed E-state index contributed by atoms with van der Waals surface area (Å²) in [5.41, 5.74) is 0. The highest BCUT2D eigenvalue weighted by atomic mass is 32.2. The van der Waals surface area contributed by atoms with Gasteiger partial charge < -0.3 is 15.4 Å². The third-order valence-corrected chi connectivity index (χ3v) is 7.28. The summed E-state index contributed by atoms with van der Waals surface area (Å²) in [6, 6.07) is 0.735. The molecule has 2 unspecified atom stereocenters. The summed E-state index contributed by atoms with van der Waals surface area (Å²) in [5.74, 6) is 2.15. The van der Waals surface area contributed by atoms with E-state index in [0.717, 1.165) is 36.8 Å². The zero-order valence-electron chi connectivity index (χ0n) is 18.2. The normalized spacial score (nSPS) is 24.8. The zero-order chi connectivity index (χ0) is 19.3. The van der Waals surface area contributed by atoms with Gasteiger partial charge in [0.25, 0.3) is 0 Å². The van der Waals surface area contributed by atoms with E-state index in [9.17, 15) is 0 Å². The topological polar surface area (TPSA) is 36.5 Å². The lowest BCUT2D eigenvalue weighted by Crippen LogP contribution is -2.56. The van der Waals surface area contributed by atoms with Crippen LogP contribution in [-0.4, -0.2) is 67.5 Å². The molecule has 2 heterocycles. The first-order valence-corrected chi connectivity index (χ1v) is 12.6. The Hall–Kier alpha value is 0.190. The molecule has 2 saturated heterocycles. The van der Waals surface area contributed by atoms with E-state index in [4.69, 9.17) is 4.74 Å². The van der Waals surface area contributed by atoms with Crippen LogP contribution in [0.2, 0.25) is 0 Å². The van der Waals surface area contributed by atoms with E-state index >= 15 is 0 Å². The molecule has 0 aromatic rings. The van der Waals surface area contributed by atoms with E-state index in [1.165, 1.54) is 76.9 Å². The number of nitrogens with one attached hydrogen (secondary N) is 2. The van der Waals surface area contributed by atoms with Gasteiger partial charge in [0.1, 0.15) is 0 Å². The molecule has 2 aliphatic heterocycles. The Morgan fingerprint density at radius 1 is 1.07 bits per heavy atom. The molecule has 2 rings (SSSR count). The largest absolute Gasteiger partial charge is 0.381 e. The lowest BCUT2D eigenvalue weighted by atomic mass is 10.0. The standard InChI is InChI=1S/C22H45N3OS/c1-4-5-15-26-16-6-14-25(20-7-11-23-12-8-20)22-18-21(9-13-24-22)27-17-10-19(2)3/h19-24H,4-18H2,1-3H3. The first kappa shape index (κ1) is 23.5. The van der Waals surface area contributed by atoms with Gasteiger partial charge in [-0.2, -0.15) is 11.8 Å². The highest BCUT2D eigenvalue weighted by Crippen LogP contribution is 2.28. The SMILES string of the molecule is CCCCOCCCN(C1CCNCC1)C1CC(SCCC(C)C)CCN1. The van der Waals surface area contributed by atoms with Crippen molar-refractivity contribution in [2.24, 2.45) is 5.92 Å². The summed E-state index contributed by atoms with van der Waals surface area (Å²) in [6.07, 6.45) is 10.7. The van der Waals surface area contributed by atoms with E-state index in [-0.39, 0.29) is 0 Å². The monoisotopic (exact) mass is 399 g/mol. The number of hydrogen-bond donors (Lipinski definition) is 2. The van der Waals surface area contributed by atoms with Gasteiger partial charge in [0.2, 0.25) is 0 Å². The zero-order valence-corrected chi connectivity index (χ0v) is 19.0. The van der Waals surface area contributed by atoms with Gasteiger partial charge in [0, 0.05) is 31.1 Å². The molecule has 0 amide bonds. The van der Waals surface area contributed by atoms with Crippen LogP contribution >= 0.6 is 11.8 Å². The van der Waals surface area contributed by atoms with Crippen LogP contribution in [0.3, 0.4) is 0 Å². The number of ether oxygens (including phenoxy) is 1. The molecule has 0 bridgehead atoms. The van der Waals surface area contributed by atoms with Crippen molar-refractivity contribution in [1.29, 1.82) is 0 Å². The average molecular weight is 400 g/mol. The number of nitrogens with zero attached hydrogens (tertiary/aromatic N) is 1. The summed E-state index contributed by atoms with van der Waals surface area (Å²) in [4.78, 5) is 2.80. The molecule has 27 heavy (non-hydrogen) atoms. The molecule has 2 N–H and O–H groups in total. The summed E-state index contributed by atoms with van der Waals surface area (Å²) in [6.45, 7) is 13.5. The van der Waals surface area contributed by atoms with Gasteiger partial charge in [-0.1, -0.05) is 27.2 Å². The molecule has 2 atom stereocenters. The van der Waals surface area contributed by atoms with E-state index < -0.39 is 0 Å². The first-order valence-electron chi connectivity index (χ1n) is 11.6. The molecule has 5 heteroatoms. The maximum Gasteiger partial charge on any atom is 0.0610 e. The number of piperidine rings is 2. The molecule has 2 aliphatic rings. The quantitative estimate of drug-likeness (QED) is 0.456. The second kappa shape index (κ2) is 14.2. The van der Waals surface area contributed by atoms with Crippen LogP contribution < -0.4 is 10.6 Å². The van der Waals surface area contributed by atoms with Gasteiger partial charge in [-0.3, -0.25) is 4.90 Å². The van der Waals surface area contributed by atoms with E-state index in [1.807, 2.05) is 0 Å². The molecule has 0 spiro atoms. The van der Waals surface area contributed by atoms with Gasteiger partial charge in [0.05, 0.1) is 6.17 Å². The van der Waals surface area contributed by atoms with Crippen LogP contribution in [0.25, 0.3) is 0 Å². The fraction of sp³-hybridized carbons (Fsp3) is 1.00. The maximum atomic E-state index is 5.83. The molecule has 0 aromatic carbocycles. The smallest absolute Gasteiger partial charge is 0.0610 e. The van der Waals surface area contributed by atoms with Crippen LogP contribution in [0.15, 0.2) is 0 Å². The molecule has 160 valence electrons. The molecular formula is C22H45N3OS. The molecule has 0 aromatic heterocycles. The van der Waals surface area contributed by atoms with E-state index in [1.54, 1.807) is 0 Å². The van der Waals surface area contributed by atoms with Gasteiger partial charge in [0.15, 0.2) is 0 Å². The Balaban J connectivity index is 1.81. The van der Waals surface area contributed by atoms with Crippen molar-refractivity contribution in [1.82, 2.24) is 15.5 Å². The second-order valence-corrected chi connectivity index (χ2v) is 10.1. The first-order chi connectivity index (χ1) is 13.2. The van der Waals surface area contributed by atoms with Gasteiger partial charge in [-0.05, 0) is 76.3 Å². The van der Waals surface area contributed by atoms with Crippen LogP contribution in [0.5, 0.6) is 0 Å². The summed E-state index contributed by atoms with van der Waals surface area (Å²) < 4.78 is 5.83. The number of thioether (sulfide) groups is 1. The molecule has 2 fully saturated rings. The minimum atomic E-state index is 0.564. The molecule has 0 aliphatic carbocycles. The predicted octanol–water partition coefficient (Wildman–Crippen LogP) is 4.10. The van der Waals surface area contributed by atoms with Crippen molar-refractivity contribution in [3.8, 4) is 0 Å². The minimum Gasteiger partial charge on any atom is -0.381 e. The van der Waals surface area contributed by atoms with Crippen molar-refractivity contribution in [2.75, 3.05) is 45.1 Å². The van der Waals surface area contributed by atoms with Crippen molar-refractivity contribution < 1.29 is 4.74 Å². The number of hydrogen-bond acceptors (Lipinski definition) is 5. The highest BCUT2D eigenvalue weighted by molar-refractivity contribution is 7.99. The average Bonchev–Trinajstić information content (AvgIpc) is 2.68. The Kier molecular flexibility index (Phi) is 12.4. The second-order valence-electron chi connectivity index (χ2n) is 8.71. The van der Waals surface area contributed by atoms with E-state index in [0.29, 0.717) is 6.17 Å².